The average molecular weight is 182 g/mol. The van der Waals surface area contributed by atoms with Crippen LogP contribution < -0.4 is 5.32 Å². The van der Waals surface area contributed by atoms with E-state index in [1.165, 1.54) is 45.6 Å². The van der Waals surface area contributed by atoms with Gasteiger partial charge in [-0.05, 0) is 37.3 Å². The first-order chi connectivity index (χ1) is 6.16. The summed E-state index contributed by atoms with van der Waals surface area (Å²) in [6.45, 7) is 11.2. The van der Waals surface area contributed by atoms with Crippen LogP contribution in [0.15, 0.2) is 0 Å². The largest absolute Gasteiger partial charge is 0.317 e. The van der Waals surface area contributed by atoms with Crippen molar-refractivity contribution < 1.29 is 0 Å². The van der Waals surface area contributed by atoms with Crippen LogP contribution in [0.1, 0.15) is 26.7 Å². The number of nitrogens with zero attached hydrogens (tertiary/aromatic N) is 1. The van der Waals surface area contributed by atoms with E-state index in [1.807, 2.05) is 0 Å². The van der Waals surface area contributed by atoms with E-state index >= 15 is 0 Å². The second-order valence-electron chi connectivity index (χ2n) is 5.53. The van der Waals surface area contributed by atoms with Crippen molar-refractivity contribution in [1.29, 1.82) is 0 Å². The zero-order chi connectivity index (χ0) is 9.31. The van der Waals surface area contributed by atoms with Crippen LogP contribution in [0.4, 0.5) is 0 Å². The van der Waals surface area contributed by atoms with E-state index in [1.54, 1.807) is 0 Å². The van der Waals surface area contributed by atoms with Crippen LogP contribution in [-0.2, 0) is 0 Å². The Morgan fingerprint density at radius 2 is 1.85 bits per heavy atom. The van der Waals surface area contributed by atoms with Gasteiger partial charge < -0.3 is 10.2 Å². The van der Waals surface area contributed by atoms with Crippen molar-refractivity contribution in [3.63, 3.8) is 0 Å². The Balaban J connectivity index is 1.68. The highest BCUT2D eigenvalue weighted by Gasteiger charge is 2.34. The molecule has 1 N–H and O–H groups in total. The summed E-state index contributed by atoms with van der Waals surface area (Å²) < 4.78 is 0. The van der Waals surface area contributed by atoms with Gasteiger partial charge in [-0.25, -0.2) is 0 Å². The Morgan fingerprint density at radius 3 is 2.38 bits per heavy atom. The molecule has 13 heavy (non-hydrogen) atoms. The highest BCUT2D eigenvalue weighted by Crippen LogP contribution is 2.30. The molecule has 2 heteroatoms. The van der Waals surface area contributed by atoms with Gasteiger partial charge >= 0.3 is 0 Å². The number of likely N-dealkylation sites (tertiary alicyclic amines) is 1. The Hall–Kier alpha value is -0.0800. The third kappa shape index (κ3) is 2.44. The van der Waals surface area contributed by atoms with Gasteiger partial charge in [0, 0.05) is 19.6 Å². The van der Waals surface area contributed by atoms with Crippen LogP contribution in [0.25, 0.3) is 0 Å². The van der Waals surface area contributed by atoms with Crippen molar-refractivity contribution in [2.45, 2.75) is 26.7 Å². The van der Waals surface area contributed by atoms with Crippen molar-refractivity contribution in [2.24, 2.45) is 11.3 Å². The van der Waals surface area contributed by atoms with Gasteiger partial charge in [-0.15, -0.1) is 0 Å². The zero-order valence-corrected chi connectivity index (χ0v) is 8.97. The monoisotopic (exact) mass is 182 g/mol. The summed E-state index contributed by atoms with van der Waals surface area (Å²) in [5, 5.41) is 3.42. The Bertz CT molecular complexity index is 163. The maximum Gasteiger partial charge on any atom is 0.00453 e. The van der Waals surface area contributed by atoms with Gasteiger partial charge in [0.2, 0.25) is 0 Å². The van der Waals surface area contributed by atoms with Crippen LogP contribution in [0.3, 0.4) is 0 Å². The second-order valence-corrected chi connectivity index (χ2v) is 5.53. The minimum atomic E-state index is 0.604. The second kappa shape index (κ2) is 3.58. The van der Waals surface area contributed by atoms with E-state index in [0.717, 1.165) is 5.92 Å². The molecule has 0 aromatic rings. The Kier molecular flexibility index (Phi) is 2.61. The summed E-state index contributed by atoms with van der Waals surface area (Å²) >= 11 is 0. The SMILES string of the molecule is CC1(C)CN(CC2CCNCC2)C1. The molecule has 0 atom stereocenters. The van der Waals surface area contributed by atoms with E-state index in [0.29, 0.717) is 5.41 Å². The minimum absolute atomic E-state index is 0.604. The molecule has 2 heterocycles. The molecule has 0 spiro atoms. The quantitative estimate of drug-likeness (QED) is 0.693. The predicted molar refractivity (Wildman–Crippen MR) is 55.8 cm³/mol. The zero-order valence-electron chi connectivity index (χ0n) is 8.97. The van der Waals surface area contributed by atoms with Crippen molar-refractivity contribution in [2.75, 3.05) is 32.7 Å². The maximum atomic E-state index is 3.42. The molecule has 0 amide bonds. The lowest BCUT2D eigenvalue weighted by Crippen LogP contribution is -2.54. The fourth-order valence-corrected chi connectivity index (χ4v) is 2.72. The van der Waals surface area contributed by atoms with Gasteiger partial charge in [-0.2, -0.15) is 0 Å². The number of hydrogen-bond donors (Lipinski definition) is 1. The molecule has 0 radical (unpaired) electrons. The van der Waals surface area contributed by atoms with Crippen molar-refractivity contribution >= 4 is 0 Å². The first-order valence-corrected chi connectivity index (χ1v) is 5.59. The predicted octanol–water partition coefficient (Wildman–Crippen LogP) is 1.33. The van der Waals surface area contributed by atoms with Gasteiger partial charge in [0.15, 0.2) is 0 Å². The lowest BCUT2D eigenvalue weighted by molar-refractivity contribution is 0.0145. The molecule has 0 aliphatic carbocycles. The maximum absolute atomic E-state index is 3.42. The molecule has 0 unspecified atom stereocenters. The highest BCUT2D eigenvalue weighted by atomic mass is 15.2. The Labute approximate surface area is 81.7 Å². The fraction of sp³-hybridized carbons (Fsp3) is 1.00. The van der Waals surface area contributed by atoms with Crippen LogP contribution >= 0.6 is 0 Å². The molecular formula is C11H22N2. The van der Waals surface area contributed by atoms with Crippen LogP contribution in [0.5, 0.6) is 0 Å². The summed E-state index contributed by atoms with van der Waals surface area (Å²) in [7, 11) is 0. The van der Waals surface area contributed by atoms with Gasteiger partial charge in [0.05, 0.1) is 0 Å². The third-order valence-corrected chi connectivity index (χ3v) is 3.28. The molecular weight excluding hydrogens is 160 g/mol. The van der Waals surface area contributed by atoms with Gasteiger partial charge in [-0.1, -0.05) is 13.8 Å². The topological polar surface area (TPSA) is 15.3 Å². The normalized spacial score (nSPS) is 30.0. The summed E-state index contributed by atoms with van der Waals surface area (Å²) in [5.41, 5.74) is 0.604. The van der Waals surface area contributed by atoms with E-state index in [-0.39, 0.29) is 0 Å². The molecule has 0 aromatic carbocycles. The first kappa shape index (κ1) is 9.47. The molecule has 2 rings (SSSR count). The van der Waals surface area contributed by atoms with E-state index in [2.05, 4.69) is 24.1 Å². The van der Waals surface area contributed by atoms with Crippen LogP contribution in [0, 0.1) is 11.3 Å². The minimum Gasteiger partial charge on any atom is -0.317 e. The van der Waals surface area contributed by atoms with Gasteiger partial charge in [0.25, 0.3) is 0 Å². The number of piperidine rings is 1. The van der Waals surface area contributed by atoms with Crippen LogP contribution in [-0.4, -0.2) is 37.6 Å². The van der Waals surface area contributed by atoms with Crippen molar-refractivity contribution in [3.05, 3.63) is 0 Å². The first-order valence-electron chi connectivity index (χ1n) is 5.59. The van der Waals surface area contributed by atoms with E-state index < -0.39 is 0 Å². The molecule has 76 valence electrons. The van der Waals surface area contributed by atoms with Crippen LogP contribution in [0.2, 0.25) is 0 Å². The van der Waals surface area contributed by atoms with E-state index in [9.17, 15) is 0 Å². The molecule has 2 aliphatic rings. The lowest BCUT2D eigenvalue weighted by Gasteiger charge is -2.47. The van der Waals surface area contributed by atoms with Gasteiger partial charge in [0.1, 0.15) is 0 Å². The van der Waals surface area contributed by atoms with Crippen molar-refractivity contribution in [3.8, 4) is 0 Å². The molecule has 0 bridgehead atoms. The lowest BCUT2D eigenvalue weighted by atomic mass is 9.83. The summed E-state index contributed by atoms with van der Waals surface area (Å²) in [4.78, 5) is 2.62. The average Bonchev–Trinajstić information content (AvgIpc) is 2.03. The molecule has 2 saturated heterocycles. The smallest absolute Gasteiger partial charge is 0.00453 e. The molecule has 2 aliphatic heterocycles. The molecule has 0 saturated carbocycles. The van der Waals surface area contributed by atoms with Gasteiger partial charge in [-0.3, -0.25) is 0 Å². The fourth-order valence-electron chi connectivity index (χ4n) is 2.72. The molecule has 2 fully saturated rings. The Morgan fingerprint density at radius 1 is 1.23 bits per heavy atom. The highest BCUT2D eigenvalue weighted by molar-refractivity contribution is 4.88. The van der Waals surface area contributed by atoms with Crippen molar-refractivity contribution in [1.82, 2.24) is 10.2 Å². The summed E-state index contributed by atoms with van der Waals surface area (Å²) in [6, 6.07) is 0. The molecule has 2 nitrogen and oxygen atoms in total. The number of nitrogens with one attached hydrogen (secondary N) is 1. The summed E-state index contributed by atoms with van der Waals surface area (Å²) in [6.07, 6.45) is 2.77. The number of hydrogen-bond acceptors (Lipinski definition) is 2. The van der Waals surface area contributed by atoms with E-state index in [4.69, 9.17) is 0 Å². The third-order valence-electron chi connectivity index (χ3n) is 3.28. The summed E-state index contributed by atoms with van der Waals surface area (Å²) in [5.74, 6) is 0.970. The number of rotatable bonds is 2. The molecule has 0 aromatic heterocycles. The standard InChI is InChI=1S/C11H22N2/c1-11(2)8-13(9-11)7-10-3-5-12-6-4-10/h10,12H,3-9H2,1-2H3.